The minimum Gasteiger partial charge on any atom is -0.390 e. The Morgan fingerprint density at radius 2 is 0.957 bits per heavy atom. The van der Waals surface area contributed by atoms with Crippen LogP contribution in [0.25, 0.3) is 0 Å². The SMILES string of the molecule is C/C(=C\COPP)CC[C@@H]1[C@@]2(C)CCCC(C)(C)[C@@H]2CC[C@@]1(C)O.C=C[C@@](C)(O)CC[C@@H]1[C@@]2(C)CCCC(C)(C)[C@@H]2CC[C@@]1(C)O.CC(C)=CCC/C(C)=C/CC/C(C)=C/CC/C(C)=C/COPP. The topological polar surface area (TPSA) is 79.2 Å². The molecule has 0 radical (unpaired) electrons. The van der Waals surface area contributed by atoms with Gasteiger partial charge in [-0.3, -0.25) is 0 Å². The molecule has 0 bridgehead atoms. The maximum Gasteiger partial charge on any atom is 0.0797 e. The zero-order chi connectivity index (χ0) is 52.3. The Hall–Kier alpha value is -0.0400. The second-order valence-electron chi connectivity index (χ2n) is 25.3. The Labute approximate surface area is 435 Å². The molecular weight excluding hydrogens is 925 g/mol. The van der Waals surface area contributed by atoms with Crippen LogP contribution in [-0.4, -0.2) is 45.3 Å². The van der Waals surface area contributed by atoms with Crippen molar-refractivity contribution in [3.8, 4) is 0 Å². The fourth-order valence-electron chi connectivity index (χ4n) is 14.0. The molecule has 0 spiro atoms. The summed E-state index contributed by atoms with van der Waals surface area (Å²) in [5.41, 5.74) is 6.54. The van der Waals surface area contributed by atoms with E-state index in [-0.39, 0.29) is 16.7 Å². The van der Waals surface area contributed by atoms with E-state index in [4.69, 9.17) is 9.05 Å². The van der Waals surface area contributed by atoms with Gasteiger partial charge >= 0.3 is 0 Å². The van der Waals surface area contributed by atoms with E-state index in [0.717, 1.165) is 63.9 Å². The predicted octanol–water partition coefficient (Wildman–Crippen LogP) is 18.3. The second kappa shape index (κ2) is 29.9. The maximum absolute atomic E-state index is 11.2. The first kappa shape index (κ1) is 65.1. The van der Waals surface area contributed by atoms with Crippen LogP contribution >= 0.6 is 34.8 Å². The number of allylic oxidation sites excluding steroid dienone is 8. The molecule has 4 unspecified atom stereocenters. The van der Waals surface area contributed by atoms with E-state index in [1.807, 2.05) is 13.8 Å². The third kappa shape index (κ3) is 21.2. The summed E-state index contributed by atoms with van der Waals surface area (Å²) >= 11 is 0. The van der Waals surface area contributed by atoms with Gasteiger partial charge in [0, 0.05) is 17.0 Å². The summed E-state index contributed by atoms with van der Waals surface area (Å²) in [6.45, 7) is 39.0. The highest BCUT2D eigenvalue weighted by molar-refractivity contribution is 8.00. The molecule has 4 fully saturated rings. The predicted molar refractivity (Wildman–Crippen MR) is 315 cm³/mol. The molecule has 0 amide bonds. The molecule has 0 saturated heterocycles. The minimum atomic E-state index is -0.830. The van der Waals surface area contributed by atoms with Gasteiger partial charge in [0.15, 0.2) is 0 Å². The van der Waals surface area contributed by atoms with E-state index in [1.54, 1.807) is 6.08 Å². The van der Waals surface area contributed by atoms with Gasteiger partial charge in [-0.15, -0.1) is 6.58 Å². The molecule has 5 nitrogen and oxygen atoms in total. The molecule has 4 rings (SSSR count). The number of hydrogen-bond donors (Lipinski definition) is 3. The van der Waals surface area contributed by atoms with E-state index in [9.17, 15) is 15.3 Å². The van der Waals surface area contributed by atoms with Gasteiger partial charge in [0.1, 0.15) is 0 Å². The van der Waals surface area contributed by atoms with Gasteiger partial charge in [0.25, 0.3) is 0 Å². The zero-order valence-corrected chi connectivity index (χ0v) is 51.7. The van der Waals surface area contributed by atoms with Crippen molar-refractivity contribution >= 4 is 34.8 Å². The molecule has 4 aliphatic carbocycles. The molecule has 9 heteroatoms. The normalized spacial score (nSPS) is 32.6. The summed E-state index contributed by atoms with van der Waals surface area (Å²) in [7, 11) is 6.20. The van der Waals surface area contributed by atoms with Gasteiger partial charge in [-0.1, -0.05) is 137 Å². The van der Waals surface area contributed by atoms with Crippen LogP contribution in [0.3, 0.4) is 0 Å². The molecule has 3 N–H and O–H groups in total. The summed E-state index contributed by atoms with van der Waals surface area (Å²) in [5, 5.41) is 32.6. The maximum atomic E-state index is 11.2. The summed E-state index contributed by atoms with van der Waals surface area (Å²) in [5.74, 6) is 2.07. The highest BCUT2D eigenvalue weighted by Gasteiger charge is 2.59. The van der Waals surface area contributed by atoms with Crippen LogP contribution in [0.15, 0.2) is 70.9 Å². The molecule has 4 saturated carbocycles. The average molecular weight is 1040 g/mol. The van der Waals surface area contributed by atoms with Crippen molar-refractivity contribution in [3.63, 3.8) is 0 Å². The molecule has 0 heterocycles. The van der Waals surface area contributed by atoms with Gasteiger partial charge in [0.2, 0.25) is 0 Å². The first-order valence-electron chi connectivity index (χ1n) is 27.2. The monoisotopic (exact) mass is 1030 g/mol. The lowest BCUT2D eigenvalue weighted by atomic mass is 9.45. The fourth-order valence-corrected chi connectivity index (χ4v) is 14.9. The summed E-state index contributed by atoms with van der Waals surface area (Å²) in [4.78, 5) is 0. The van der Waals surface area contributed by atoms with E-state index in [1.165, 1.54) is 98.5 Å². The van der Waals surface area contributed by atoms with Crippen molar-refractivity contribution < 1.29 is 24.4 Å². The van der Waals surface area contributed by atoms with Crippen molar-refractivity contribution in [3.05, 3.63) is 70.9 Å². The third-order valence-corrected chi connectivity index (χ3v) is 19.7. The standard InChI is InChI=1S/C20H38O2P2.C20H36O2.C20H36OP2/c1-15(10-14-22-24-23)7-8-17-19(4)12-6-11-18(2,3)16(19)9-13-20(17,5)21;1-7-18(4,21)13-9-16-19(5)12-8-11-17(2,3)15(19)10-14-20(16,6)22;1-17(2)9-6-10-18(3)11-7-12-19(4)13-8-14-20(5)15-16-21-23-22/h10,16-17,21,24H,6-9,11-14,23H2,1-5H3;7,15-16,21-22H,1,8-14H2,2-6H3;9,11,13,15,23H,6-8,10,12,14,16,22H2,1-5H3/b15-10+;;18-11+,19-13+,20-15+/t16-,17+,19-,20+;15-,16+,18+,19-,20+;/m00./s1. The van der Waals surface area contributed by atoms with Gasteiger partial charge in [-0.05, 0) is 223 Å². The minimum absolute atomic E-state index is 0.181. The second-order valence-corrected chi connectivity index (χ2v) is 27.8. The van der Waals surface area contributed by atoms with Gasteiger partial charge in [-0.25, -0.2) is 0 Å². The molecular formula is C60H110O5P4. The number of aliphatic hydroxyl groups is 3. The summed E-state index contributed by atoms with van der Waals surface area (Å²) in [6.07, 6.45) is 35.7. The smallest absolute Gasteiger partial charge is 0.0797 e. The molecule has 69 heavy (non-hydrogen) atoms. The zero-order valence-electron chi connectivity index (χ0n) is 47.3. The molecule has 4 aliphatic rings. The number of fused-ring (bicyclic) bond motifs is 2. The number of hydrogen-bond acceptors (Lipinski definition) is 5. The van der Waals surface area contributed by atoms with Crippen molar-refractivity contribution in [1.29, 1.82) is 0 Å². The van der Waals surface area contributed by atoms with Crippen LogP contribution in [0.1, 0.15) is 232 Å². The van der Waals surface area contributed by atoms with Crippen LogP contribution in [0.5, 0.6) is 0 Å². The molecule has 0 aliphatic heterocycles. The molecule has 0 aromatic carbocycles. The van der Waals surface area contributed by atoms with Crippen LogP contribution in [0, 0.1) is 45.3 Å². The highest BCUT2D eigenvalue weighted by Crippen LogP contribution is 2.64. The lowest BCUT2D eigenvalue weighted by Crippen LogP contribution is -2.57. The molecule has 0 aromatic rings. The molecule has 0 aromatic heterocycles. The van der Waals surface area contributed by atoms with Gasteiger partial charge in [-0.2, -0.15) is 0 Å². The lowest BCUT2D eigenvalue weighted by Gasteiger charge is -2.61. The van der Waals surface area contributed by atoms with E-state index in [0.29, 0.717) is 52.7 Å². The van der Waals surface area contributed by atoms with E-state index < -0.39 is 16.8 Å². The highest BCUT2D eigenvalue weighted by atomic mass is 32.0. The largest absolute Gasteiger partial charge is 0.390 e. The van der Waals surface area contributed by atoms with E-state index in [2.05, 4.69) is 145 Å². The van der Waals surface area contributed by atoms with Crippen LogP contribution in [0.2, 0.25) is 0 Å². The Bertz CT molecular complexity index is 1700. The summed E-state index contributed by atoms with van der Waals surface area (Å²) in [6, 6.07) is 0. The first-order chi connectivity index (χ1) is 32.0. The van der Waals surface area contributed by atoms with Crippen molar-refractivity contribution in [1.82, 2.24) is 0 Å². The quantitative estimate of drug-likeness (QED) is 0.0572. The van der Waals surface area contributed by atoms with Crippen LogP contribution in [-0.2, 0) is 9.05 Å². The van der Waals surface area contributed by atoms with Gasteiger partial charge < -0.3 is 24.4 Å². The van der Waals surface area contributed by atoms with Crippen LogP contribution < -0.4 is 0 Å². The Morgan fingerprint density at radius 1 is 0.580 bits per heavy atom. The Kier molecular flexibility index (Phi) is 28.2. The third-order valence-electron chi connectivity index (χ3n) is 18.1. The van der Waals surface area contributed by atoms with Crippen molar-refractivity contribution in [2.75, 3.05) is 13.2 Å². The lowest BCUT2D eigenvalue weighted by molar-refractivity contribution is -0.171. The van der Waals surface area contributed by atoms with Crippen molar-refractivity contribution in [2.24, 2.45) is 45.3 Å². The Balaban J connectivity index is 0.000000355. The fraction of sp³-hybridized carbons (Fsp3) is 0.800. The molecule has 400 valence electrons. The first-order valence-corrected chi connectivity index (χ1v) is 32.7. The number of rotatable bonds is 22. The van der Waals surface area contributed by atoms with E-state index >= 15 is 0 Å². The average Bonchev–Trinajstić information content (AvgIpc) is 3.22. The van der Waals surface area contributed by atoms with Crippen molar-refractivity contribution in [2.45, 2.75) is 249 Å². The van der Waals surface area contributed by atoms with Gasteiger partial charge in [0.05, 0.1) is 30.0 Å². The summed E-state index contributed by atoms with van der Waals surface area (Å²) < 4.78 is 10.8. The Morgan fingerprint density at radius 3 is 1.35 bits per heavy atom. The molecule has 13 atom stereocenters. The van der Waals surface area contributed by atoms with Crippen LogP contribution in [0.4, 0.5) is 0 Å².